The summed E-state index contributed by atoms with van der Waals surface area (Å²) in [7, 11) is -4.56. The van der Waals surface area contributed by atoms with Crippen LogP contribution in [0, 0.1) is 0 Å². The number of phenolic OH excluding ortho intramolecular Hbond substituents is 1. The molecule has 6 nitrogen and oxygen atoms in total. The van der Waals surface area contributed by atoms with Gasteiger partial charge in [0.2, 0.25) is 0 Å². The number of para-hydroxylation sites is 6. The van der Waals surface area contributed by atoms with Crippen LogP contribution in [-0.2, 0) is 0 Å². The average Bonchev–Trinajstić information content (AvgIpc) is 3.10. The summed E-state index contributed by atoms with van der Waals surface area (Å²) in [6, 6.07) is 20.7. The van der Waals surface area contributed by atoms with E-state index in [-0.39, 0.29) is 11.5 Å². The molecule has 0 unspecified atom stereocenters. The van der Waals surface area contributed by atoms with Crippen molar-refractivity contribution in [1.29, 1.82) is 0 Å². The normalized spacial score (nSPS) is 19.1. The van der Waals surface area contributed by atoms with Crippen LogP contribution in [0.15, 0.2) is 72.8 Å². The summed E-state index contributed by atoms with van der Waals surface area (Å²) in [5.41, 5.74) is 0. The molecule has 5 rings (SSSR count). The van der Waals surface area contributed by atoms with Gasteiger partial charge in [0.1, 0.15) is 0 Å². The number of fused-ring (bicyclic) bond motifs is 2. The molecule has 0 saturated carbocycles. The third kappa shape index (κ3) is 2.08. The first-order chi connectivity index (χ1) is 12.1. The fourth-order valence-electron chi connectivity index (χ4n) is 2.73. The van der Waals surface area contributed by atoms with Crippen LogP contribution < -0.4 is 22.6 Å². The summed E-state index contributed by atoms with van der Waals surface area (Å²) in [5.74, 6) is 1.85. The number of hydrogen-bond acceptors (Lipinski definition) is 6. The maximum absolute atomic E-state index is 10.1. The first-order valence-corrected chi connectivity index (χ1v) is 9.46. The summed E-state index contributed by atoms with van der Waals surface area (Å²) in [4.78, 5) is 0. The molecular formula is C18H13O6P. The van der Waals surface area contributed by atoms with Gasteiger partial charge in [-0.2, -0.15) is 0 Å². The predicted molar refractivity (Wildman–Crippen MR) is 91.1 cm³/mol. The number of phenols is 1. The summed E-state index contributed by atoms with van der Waals surface area (Å²) in [5, 5.41) is 10.1. The fraction of sp³-hybridized carbons (Fsp3) is 0. The van der Waals surface area contributed by atoms with E-state index in [1.165, 1.54) is 6.07 Å². The van der Waals surface area contributed by atoms with Crippen molar-refractivity contribution >= 4 is 7.74 Å². The topological polar surface area (TPSA) is 66.4 Å². The Hall–Kier alpha value is -3.11. The van der Waals surface area contributed by atoms with Gasteiger partial charge < -0.3 is 0 Å². The standard InChI is InChI=1S/C18H13O6P/c19-13-7-1-2-8-14(13)20-25(21-15-9-3-4-10-16(15)22-25)23-17-11-5-6-12-18(17)24-25/h1-12,19H. The first-order valence-electron chi connectivity index (χ1n) is 7.64. The molecule has 25 heavy (non-hydrogen) atoms. The van der Waals surface area contributed by atoms with Crippen molar-refractivity contribution in [2.24, 2.45) is 0 Å². The Labute approximate surface area is 143 Å². The van der Waals surface area contributed by atoms with Crippen molar-refractivity contribution in [3.8, 4) is 34.5 Å². The van der Waals surface area contributed by atoms with Crippen LogP contribution in [0.1, 0.15) is 0 Å². The number of rotatable bonds is 2. The Bertz CT molecular complexity index is 876. The van der Waals surface area contributed by atoms with Crippen molar-refractivity contribution in [3.05, 3.63) is 72.8 Å². The molecule has 0 aliphatic carbocycles. The SMILES string of the molecule is Oc1ccccc1OP12(Oc3ccccc3O1)Oc1ccccc1O2. The van der Waals surface area contributed by atoms with Gasteiger partial charge in [-0.3, -0.25) is 0 Å². The molecule has 7 heteroatoms. The van der Waals surface area contributed by atoms with E-state index in [1.54, 1.807) is 42.5 Å². The van der Waals surface area contributed by atoms with E-state index in [2.05, 4.69) is 0 Å². The van der Waals surface area contributed by atoms with Gasteiger partial charge in [-0.1, -0.05) is 0 Å². The second-order valence-corrected chi connectivity index (χ2v) is 7.97. The fourth-order valence-corrected chi connectivity index (χ4v) is 5.46. The number of benzene rings is 3. The molecule has 3 aromatic carbocycles. The average molecular weight is 356 g/mol. The zero-order valence-electron chi connectivity index (χ0n) is 12.9. The first kappa shape index (κ1) is 14.3. The van der Waals surface area contributed by atoms with Gasteiger partial charge >= 0.3 is 143 Å². The Balaban J connectivity index is 1.65. The molecule has 0 amide bonds. The second-order valence-electron chi connectivity index (χ2n) is 5.56. The summed E-state index contributed by atoms with van der Waals surface area (Å²) in [6.07, 6.45) is 0. The molecule has 2 heterocycles. The van der Waals surface area contributed by atoms with Crippen molar-refractivity contribution in [2.45, 2.75) is 0 Å². The maximum atomic E-state index is 10.1. The molecule has 126 valence electrons. The van der Waals surface area contributed by atoms with Gasteiger partial charge in [-0.15, -0.1) is 0 Å². The molecule has 1 N–H and O–H groups in total. The van der Waals surface area contributed by atoms with Crippen LogP contribution in [0.4, 0.5) is 0 Å². The number of hydrogen-bond donors (Lipinski definition) is 1. The minimum atomic E-state index is -4.56. The molecule has 3 aromatic rings. The van der Waals surface area contributed by atoms with Gasteiger partial charge in [-0.05, 0) is 0 Å². The molecular weight excluding hydrogens is 343 g/mol. The third-order valence-electron chi connectivity index (χ3n) is 3.80. The predicted octanol–water partition coefficient (Wildman–Crippen LogP) is 4.84. The molecule has 0 bridgehead atoms. The summed E-state index contributed by atoms with van der Waals surface area (Å²) < 4.78 is 30.1. The van der Waals surface area contributed by atoms with Crippen LogP contribution >= 0.6 is 7.74 Å². The van der Waals surface area contributed by atoms with Gasteiger partial charge in [0, 0.05) is 0 Å². The molecule has 2 aliphatic heterocycles. The van der Waals surface area contributed by atoms with Crippen LogP contribution in [0.2, 0.25) is 0 Å². The van der Waals surface area contributed by atoms with Gasteiger partial charge in [0.25, 0.3) is 0 Å². The molecule has 1 spiro atoms. The van der Waals surface area contributed by atoms with E-state index in [0.717, 1.165) is 0 Å². The Kier molecular flexibility index (Phi) is 2.68. The van der Waals surface area contributed by atoms with Crippen LogP contribution in [0.3, 0.4) is 0 Å². The molecule has 0 aromatic heterocycles. The van der Waals surface area contributed by atoms with E-state index in [9.17, 15) is 5.11 Å². The van der Waals surface area contributed by atoms with Gasteiger partial charge in [0.05, 0.1) is 0 Å². The zero-order chi connectivity index (χ0) is 16.9. The van der Waals surface area contributed by atoms with E-state index in [0.29, 0.717) is 23.0 Å². The van der Waals surface area contributed by atoms with E-state index >= 15 is 0 Å². The Morgan fingerprint density at radius 1 is 0.600 bits per heavy atom. The van der Waals surface area contributed by atoms with Crippen molar-refractivity contribution in [2.75, 3.05) is 0 Å². The Morgan fingerprint density at radius 2 is 1.00 bits per heavy atom. The van der Waals surface area contributed by atoms with Crippen molar-refractivity contribution < 1.29 is 27.7 Å². The van der Waals surface area contributed by atoms with E-state index in [1.807, 2.05) is 24.3 Å². The monoisotopic (exact) mass is 356 g/mol. The molecule has 0 radical (unpaired) electrons. The van der Waals surface area contributed by atoms with Gasteiger partial charge in [-0.25, -0.2) is 0 Å². The number of aromatic hydroxyl groups is 1. The molecule has 2 aliphatic rings. The summed E-state index contributed by atoms with van der Waals surface area (Å²) >= 11 is 0. The van der Waals surface area contributed by atoms with Crippen molar-refractivity contribution in [3.63, 3.8) is 0 Å². The zero-order valence-corrected chi connectivity index (χ0v) is 13.8. The van der Waals surface area contributed by atoms with Crippen molar-refractivity contribution in [1.82, 2.24) is 0 Å². The minimum absolute atomic E-state index is 0.0761. The molecule has 0 fully saturated rings. The third-order valence-corrected chi connectivity index (χ3v) is 6.27. The van der Waals surface area contributed by atoms with E-state index in [4.69, 9.17) is 22.6 Å². The molecule has 0 saturated heterocycles. The summed E-state index contributed by atoms with van der Waals surface area (Å²) in [6.45, 7) is 0. The quantitative estimate of drug-likeness (QED) is 0.663. The van der Waals surface area contributed by atoms with E-state index < -0.39 is 7.74 Å². The second kappa shape index (κ2) is 4.71. The van der Waals surface area contributed by atoms with Crippen LogP contribution in [-0.4, -0.2) is 5.11 Å². The van der Waals surface area contributed by atoms with Crippen LogP contribution in [0.25, 0.3) is 0 Å². The Morgan fingerprint density at radius 3 is 1.44 bits per heavy atom. The van der Waals surface area contributed by atoms with Gasteiger partial charge in [0.15, 0.2) is 0 Å². The molecule has 0 atom stereocenters. The van der Waals surface area contributed by atoms with Crippen LogP contribution in [0.5, 0.6) is 34.5 Å².